The average molecular weight is 283 g/mol. The SMILES string of the molecule is Cc1c(S(=O)(=O)NCC(C)(C)N)cnn1C.Cl. The smallest absolute Gasteiger partial charge is 0.244 e. The summed E-state index contributed by atoms with van der Waals surface area (Å²) in [6.07, 6.45) is 1.33. The number of aryl methyl sites for hydroxylation is 1. The lowest BCUT2D eigenvalue weighted by molar-refractivity contribution is 0.497. The van der Waals surface area contributed by atoms with E-state index < -0.39 is 15.6 Å². The molecule has 6 nitrogen and oxygen atoms in total. The standard InChI is InChI=1S/C9H18N4O2S.ClH/c1-7-8(5-11-13(7)4)16(14,15)12-6-9(2,3)10;/h5,12H,6,10H2,1-4H3;1H. The van der Waals surface area contributed by atoms with E-state index in [9.17, 15) is 8.42 Å². The minimum atomic E-state index is -3.52. The van der Waals surface area contributed by atoms with Crippen LogP contribution in [0.4, 0.5) is 0 Å². The Morgan fingerprint density at radius 3 is 2.41 bits per heavy atom. The molecule has 1 aromatic heterocycles. The van der Waals surface area contributed by atoms with Crippen LogP contribution in [-0.4, -0.2) is 30.3 Å². The Morgan fingerprint density at radius 1 is 1.53 bits per heavy atom. The number of rotatable bonds is 4. The molecule has 0 saturated heterocycles. The van der Waals surface area contributed by atoms with E-state index in [1.54, 1.807) is 27.8 Å². The largest absolute Gasteiger partial charge is 0.324 e. The third-order valence-corrected chi connectivity index (χ3v) is 3.70. The summed E-state index contributed by atoms with van der Waals surface area (Å²) in [6.45, 7) is 5.40. The number of nitrogens with one attached hydrogen (secondary N) is 1. The van der Waals surface area contributed by atoms with Crippen LogP contribution in [0.2, 0.25) is 0 Å². The van der Waals surface area contributed by atoms with Gasteiger partial charge >= 0.3 is 0 Å². The van der Waals surface area contributed by atoms with Crippen LogP contribution in [0.25, 0.3) is 0 Å². The van der Waals surface area contributed by atoms with Crippen molar-refractivity contribution in [3.63, 3.8) is 0 Å². The summed E-state index contributed by atoms with van der Waals surface area (Å²) in [5, 5.41) is 3.89. The van der Waals surface area contributed by atoms with Gasteiger partial charge in [0.25, 0.3) is 0 Å². The fourth-order valence-corrected chi connectivity index (χ4v) is 2.53. The molecular formula is C9H19ClN4O2S. The van der Waals surface area contributed by atoms with Crippen molar-refractivity contribution >= 4 is 22.4 Å². The van der Waals surface area contributed by atoms with Crippen molar-refractivity contribution in [2.45, 2.75) is 31.2 Å². The summed E-state index contributed by atoms with van der Waals surface area (Å²) < 4.78 is 27.8. The number of hydrogen-bond acceptors (Lipinski definition) is 4. The van der Waals surface area contributed by atoms with Crippen molar-refractivity contribution in [3.8, 4) is 0 Å². The number of nitrogens with zero attached hydrogens (tertiary/aromatic N) is 2. The fourth-order valence-electron chi connectivity index (χ4n) is 1.10. The Kier molecular flexibility index (Phi) is 5.15. The molecule has 0 aliphatic carbocycles. The highest BCUT2D eigenvalue weighted by Gasteiger charge is 2.22. The summed E-state index contributed by atoms with van der Waals surface area (Å²) in [7, 11) is -1.82. The fraction of sp³-hybridized carbons (Fsp3) is 0.667. The molecule has 17 heavy (non-hydrogen) atoms. The zero-order valence-electron chi connectivity index (χ0n) is 10.4. The van der Waals surface area contributed by atoms with E-state index >= 15 is 0 Å². The van der Waals surface area contributed by atoms with E-state index in [0.29, 0.717) is 5.69 Å². The van der Waals surface area contributed by atoms with Crippen LogP contribution in [0.5, 0.6) is 0 Å². The maximum absolute atomic E-state index is 11.9. The molecule has 0 atom stereocenters. The van der Waals surface area contributed by atoms with Gasteiger partial charge in [-0.05, 0) is 20.8 Å². The highest BCUT2D eigenvalue weighted by molar-refractivity contribution is 7.89. The van der Waals surface area contributed by atoms with Crippen LogP contribution in [0.3, 0.4) is 0 Å². The van der Waals surface area contributed by atoms with Crippen LogP contribution in [0.15, 0.2) is 11.1 Å². The lowest BCUT2D eigenvalue weighted by Gasteiger charge is -2.18. The summed E-state index contributed by atoms with van der Waals surface area (Å²) in [5.41, 5.74) is 5.74. The Hall–Kier alpha value is -0.630. The Balaban J connectivity index is 0.00000256. The van der Waals surface area contributed by atoms with Crippen LogP contribution in [-0.2, 0) is 17.1 Å². The topological polar surface area (TPSA) is 90.0 Å². The van der Waals surface area contributed by atoms with E-state index in [1.807, 2.05) is 0 Å². The van der Waals surface area contributed by atoms with Gasteiger partial charge in [-0.25, -0.2) is 13.1 Å². The Bertz CT molecular complexity index is 476. The predicted octanol–water partition coefficient (Wildman–Crippen LogP) is 0.166. The normalized spacial score (nSPS) is 12.3. The van der Waals surface area contributed by atoms with Gasteiger partial charge in [-0.2, -0.15) is 5.10 Å². The maximum Gasteiger partial charge on any atom is 0.244 e. The highest BCUT2D eigenvalue weighted by Crippen LogP contribution is 2.13. The quantitative estimate of drug-likeness (QED) is 0.823. The van der Waals surface area contributed by atoms with Crippen molar-refractivity contribution in [2.24, 2.45) is 12.8 Å². The third-order valence-electron chi connectivity index (χ3n) is 2.20. The van der Waals surface area contributed by atoms with Crippen molar-refractivity contribution in [2.75, 3.05) is 6.54 Å². The van der Waals surface area contributed by atoms with Gasteiger partial charge in [0, 0.05) is 19.1 Å². The molecular weight excluding hydrogens is 264 g/mol. The first-order valence-corrected chi connectivity index (χ1v) is 6.39. The van der Waals surface area contributed by atoms with Crippen LogP contribution in [0, 0.1) is 6.92 Å². The van der Waals surface area contributed by atoms with Gasteiger partial charge in [-0.1, -0.05) is 0 Å². The van der Waals surface area contributed by atoms with Gasteiger partial charge in [-0.3, -0.25) is 4.68 Å². The van der Waals surface area contributed by atoms with E-state index in [2.05, 4.69) is 9.82 Å². The molecule has 0 aromatic carbocycles. The maximum atomic E-state index is 11.9. The van der Waals surface area contributed by atoms with Crippen LogP contribution >= 0.6 is 12.4 Å². The molecule has 100 valence electrons. The van der Waals surface area contributed by atoms with Gasteiger partial charge in [0.2, 0.25) is 10.0 Å². The van der Waals surface area contributed by atoms with E-state index in [0.717, 1.165) is 0 Å². The van der Waals surface area contributed by atoms with E-state index in [1.165, 1.54) is 10.9 Å². The number of halogens is 1. The van der Waals surface area contributed by atoms with Gasteiger partial charge in [0.1, 0.15) is 4.90 Å². The Morgan fingerprint density at radius 2 is 2.06 bits per heavy atom. The van der Waals surface area contributed by atoms with Gasteiger partial charge in [0.05, 0.1) is 11.9 Å². The zero-order valence-corrected chi connectivity index (χ0v) is 12.0. The first-order chi connectivity index (χ1) is 7.13. The van der Waals surface area contributed by atoms with Crippen molar-refractivity contribution in [1.29, 1.82) is 0 Å². The molecule has 0 unspecified atom stereocenters. The van der Waals surface area contributed by atoms with Crippen molar-refractivity contribution in [3.05, 3.63) is 11.9 Å². The monoisotopic (exact) mass is 282 g/mol. The minimum Gasteiger partial charge on any atom is -0.324 e. The van der Waals surface area contributed by atoms with Crippen molar-refractivity contribution < 1.29 is 8.42 Å². The molecule has 0 spiro atoms. The molecule has 0 radical (unpaired) electrons. The van der Waals surface area contributed by atoms with E-state index in [-0.39, 0.29) is 23.8 Å². The number of aromatic nitrogens is 2. The molecule has 0 amide bonds. The second-order valence-electron chi connectivity index (χ2n) is 4.53. The van der Waals surface area contributed by atoms with Gasteiger partial charge < -0.3 is 5.73 Å². The highest BCUT2D eigenvalue weighted by atomic mass is 35.5. The van der Waals surface area contributed by atoms with E-state index in [4.69, 9.17) is 5.73 Å². The lowest BCUT2D eigenvalue weighted by Crippen LogP contribution is -2.45. The Labute approximate surface area is 108 Å². The molecule has 0 bridgehead atoms. The summed E-state index contributed by atoms with van der Waals surface area (Å²) >= 11 is 0. The number of sulfonamides is 1. The molecule has 8 heteroatoms. The average Bonchev–Trinajstić information content (AvgIpc) is 2.44. The number of hydrogen-bond donors (Lipinski definition) is 2. The second kappa shape index (κ2) is 5.34. The zero-order chi connectivity index (χ0) is 12.6. The van der Waals surface area contributed by atoms with Crippen LogP contribution < -0.4 is 10.5 Å². The molecule has 1 rings (SSSR count). The molecule has 0 fully saturated rings. The molecule has 0 saturated carbocycles. The second-order valence-corrected chi connectivity index (χ2v) is 6.27. The summed E-state index contributed by atoms with van der Waals surface area (Å²) in [4.78, 5) is 0.194. The summed E-state index contributed by atoms with van der Waals surface area (Å²) in [5.74, 6) is 0. The lowest BCUT2D eigenvalue weighted by atomic mass is 10.1. The molecule has 0 aliphatic rings. The molecule has 1 heterocycles. The minimum absolute atomic E-state index is 0. The predicted molar refractivity (Wildman–Crippen MR) is 68.6 cm³/mol. The molecule has 0 aliphatic heterocycles. The first-order valence-electron chi connectivity index (χ1n) is 4.91. The third kappa shape index (κ3) is 4.27. The van der Waals surface area contributed by atoms with Gasteiger partial charge in [-0.15, -0.1) is 12.4 Å². The van der Waals surface area contributed by atoms with Gasteiger partial charge in [0.15, 0.2) is 0 Å². The molecule has 1 aromatic rings. The summed E-state index contributed by atoms with van der Waals surface area (Å²) in [6, 6.07) is 0. The number of nitrogens with two attached hydrogens (primary N) is 1. The first kappa shape index (κ1) is 16.4. The van der Waals surface area contributed by atoms with Crippen molar-refractivity contribution in [1.82, 2.24) is 14.5 Å². The molecule has 3 N–H and O–H groups in total. The van der Waals surface area contributed by atoms with Crippen LogP contribution in [0.1, 0.15) is 19.5 Å².